The predicted molar refractivity (Wildman–Crippen MR) is 76.8 cm³/mol. The van der Waals surface area contributed by atoms with Crippen LogP contribution in [0.3, 0.4) is 0 Å². The highest BCUT2D eigenvalue weighted by atomic mass is 35.5. The van der Waals surface area contributed by atoms with Crippen LogP contribution in [0.1, 0.15) is 16.3 Å². The predicted octanol–water partition coefficient (Wildman–Crippen LogP) is 3.59. The third kappa shape index (κ3) is 4.04. The number of aryl methyl sites for hydroxylation is 1. The summed E-state index contributed by atoms with van der Waals surface area (Å²) in [5.74, 6) is -1.27. The number of aliphatic carboxylic acids is 1. The Morgan fingerprint density at radius 2 is 2.26 bits per heavy atom. The molecule has 0 saturated carbocycles. The smallest absolute Gasteiger partial charge is 0.307 e. The molecule has 19 heavy (non-hydrogen) atoms. The van der Waals surface area contributed by atoms with Crippen LogP contribution < -0.4 is 0 Å². The summed E-state index contributed by atoms with van der Waals surface area (Å²) in [4.78, 5) is 15.7. The molecule has 2 rings (SSSR count). The number of carbonyl (C=O) groups is 1. The van der Waals surface area contributed by atoms with Crippen LogP contribution in [0, 0.1) is 12.8 Å². The van der Waals surface area contributed by atoms with Crippen molar-refractivity contribution in [2.24, 2.45) is 5.92 Å². The third-order valence-corrected chi connectivity index (χ3v) is 4.03. The molecule has 0 bridgehead atoms. The van der Waals surface area contributed by atoms with E-state index in [1.807, 2.05) is 30.5 Å². The molecule has 0 amide bonds. The van der Waals surface area contributed by atoms with Crippen molar-refractivity contribution >= 4 is 28.9 Å². The van der Waals surface area contributed by atoms with Crippen molar-refractivity contribution < 1.29 is 9.90 Å². The van der Waals surface area contributed by atoms with Gasteiger partial charge < -0.3 is 5.11 Å². The average Bonchev–Trinajstić information content (AvgIpc) is 2.74. The standard InChI is InChI=1S/C14H14ClNO2S/c1-9-8-19-13(16-9)7-11(14(17)18)5-10-3-2-4-12(15)6-10/h2-4,6,8,11H,5,7H2,1H3,(H,17,18). The first kappa shape index (κ1) is 14.0. The first-order valence-electron chi connectivity index (χ1n) is 5.93. The molecule has 0 aliphatic heterocycles. The maximum Gasteiger partial charge on any atom is 0.307 e. The van der Waals surface area contributed by atoms with Crippen LogP contribution in [-0.2, 0) is 17.6 Å². The van der Waals surface area contributed by atoms with E-state index in [-0.39, 0.29) is 0 Å². The maximum absolute atomic E-state index is 11.3. The van der Waals surface area contributed by atoms with Crippen LogP contribution in [0.25, 0.3) is 0 Å². The van der Waals surface area contributed by atoms with Crippen molar-refractivity contribution in [3.63, 3.8) is 0 Å². The lowest BCUT2D eigenvalue weighted by Crippen LogP contribution is -2.19. The van der Waals surface area contributed by atoms with Crippen molar-refractivity contribution in [3.05, 3.63) is 50.9 Å². The Labute approximate surface area is 120 Å². The minimum absolute atomic E-state index is 0.459. The molecule has 2 aromatic rings. The molecule has 5 heteroatoms. The first-order chi connectivity index (χ1) is 9.04. The van der Waals surface area contributed by atoms with Crippen molar-refractivity contribution in [3.8, 4) is 0 Å². The number of hydrogen-bond acceptors (Lipinski definition) is 3. The van der Waals surface area contributed by atoms with Gasteiger partial charge in [0.2, 0.25) is 0 Å². The van der Waals surface area contributed by atoms with E-state index in [2.05, 4.69) is 4.98 Å². The zero-order chi connectivity index (χ0) is 13.8. The molecule has 3 nitrogen and oxygen atoms in total. The topological polar surface area (TPSA) is 50.2 Å². The van der Waals surface area contributed by atoms with E-state index < -0.39 is 11.9 Å². The number of aromatic nitrogens is 1. The molecule has 1 unspecified atom stereocenters. The SMILES string of the molecule is Cc1csc(CC(Cc2cccc(Cl)c2)C(=O)O)n1. The summed E-state index contributed by atoms with van der Waals surface area (Å²) in [7, 11) is 0. The van der Waals surface area contributed by atoms with Gasteiger partial charge in [-0.2, -0.15) is 0 Å². The second-order valence-corrected chi connectivity index (χ2v) is 5.84. The number of carboxylic acid groups (broad SMARTS) is 1. The molecule has 1 atom stereocenters. The van der Waals surface area contributed by atoms with Gasteiger partial charge in [0.15, 0.2) is 0 Å². The Bertz CT molecular complexity index is 582. The molecule has 1 aromatic carbocycles. The summed E-state index contributed by atoms with van der Waals surface area (Å²) < 4.78 is 0. The lowest BCUT2D eigenvalue weighted by molar-refractivity contribution is -0.141. The Kier molecular flexibility index (Phi) is 4.56. The van der Waals surface area contributed by atoms with Gasteiger partial charge in [-0.15, -0.1) is 11.3 Å². The lowest BCUT2D eigenvalue weighted by Gasteiger charge is -2.11. The van der Waals surface area contributed by atoms with Gasteiger partial charge in [-0.3, -0.25) is 4.79 Å². The second kappa shape index (κ2) is 6.17. The summed E-state index contributed by atoms with van der Waals surface area (Å²) in [6.45, 7) is 1.91. The van der Waals surface area contributed by atoms with Crippen LogP contribution in [0.2, 0.25) is 5.02 Å². The van der Waals surface area contributed by atoms with E-state index in [9.17, 15) is 9.90 Å². The van der Waals surface area contributed by atoms with Crippen LogP contribution >= 0.6 is 22.9 Å². The number of hydrogen-bond donors (Lipinski definition) is 1. The first-order valence-corrected chi connectivity index (χ1v) is 7.18. The molecule has 0 radical (unpaired) electrons. The highest BCUT2D eigenvalue weighted by molar-refractivity contribution is 7.09. The fourth-order valence-electron chi connectivity index (χ4n) is 1.90. The summed E-state index contributed by atoms with van der Waals surface area (Å²) in [6.07, 6.45) is 0.925. The van der Waals surface area contributed by atoms with Crippen LogP contribution in [0.5, 0.6) is 0 Å². The van der Waals surface area contributed by atoms with Gasteiger partial charge in [0.25, 0.3) is 0 Å². The van der Waals surface area contributed by atoms with Gasteiger partial charge in [0.1, 0.15) is 0 Å². The Morgan fingerprint density at radius 3 is 2.84 bits per heavy atom. The second-order valence-electron chi connectivity index (χ2n) is 4.46. The van der Waals surface area contributed by atoms with Gasteiger partial charge in [-0.1, -0.05) is 23.7 Å². The molecule has 0 aliphatic rings. The van der Waals surface area contributed by atoms with Crippen molar-refractivity contribution in [1.29, 1.82) is 0 Å². The number of halogens is 1. The lowest BCUT2D eigenvalue weighted by atomic mass is 9.96. The molecule has 0 fully saturated rings. The summed E-state index contributed by atoms with van der Waals surface area (Å²) in [5.41, 5.74) is 1.88. The molecule has 0 spiro atoms. The van der Waals surface area contributed by atoms with Crippen LogP contribution in [0.15, 0.2) is 29.6 Å². The maximum atomic E-state index is 11.3. The van der Waals surface area contributed by atoms with Crippen molar-refractivity contribution in [2.45, 2.75) is 19.8 Å². The van der Waals surface area contributed by atoms with E-state index in [0.29, 0.717) is 17.9 Å². The summed E-state index contributed by atoms with van der Waals surface area (Å²) in [6, 6.07) is 7.33. The monoisotopic (exact) mass is 295 g/mol. The normalized spacial score (nSPS) is 12.3. The van der Waals surface area contributed by atoms with Gasteiger partial charge in [-0.05, 0) is 31.0 Å². The van der Waals surface area contributed by atoms with E-state index in [0.717, 1.165) is 16.3 Å². The van der Waals surface area contributed by atoms with E-state index >= 15 is 0 Å². The molecule has 0 aliphatic carbocycles. The Hall–Kier alpha value is -1.39. The Morgan fingerprint density at radius 1 is 1.47 bits per heavy atom. The molecular formula is C14H14ClNO2S. The third-order valence-electron chi connectivity index (χ3n) is 2.81. The Balaban J connectivity index is 2.10. The highest BCUT2D eigenvalue weighted by Gasteiger charge is 2.20. The fraction of sp³-hybridized carbons (Fsp3) is 0.286. The molecule has 1 aromatic heterocycles. The number of nitrogens with zero attached hydrogens (tertiary/aromatic N) is 1. The molecular weight excluding hydrogens is 282 g/mol. The fourth-order valence-corrected chi connectivity index (χ4v) is 2.97. The molecule has 0 saturated heterocycles. The average molecular weight is 296 g/mol. The highest BCUT2D eigenvalue weighted by Crippen LogP contribution is 2.20. The summed E-state index contributed by atoms with van der Waals surface area (Å²) in [5, 5.41) is 12.8. The van der Waals surface area contributed by atoms with Gasteiger partial charge >= 0.3 is 5.97 Å². The van der Waals surface area contributed by atoms with E-state index in [4.69, 9.17) is 11.6 Å². The van der Waals surface area contributed by atoms with Gasteiger partial charge in [-0.25, -0.2) is 4.98 Å². The quantitative estimate of drug-likeness (QED) is 0.917. The molecule has 1 N–H and O–H groups in total. The minimum atomic E-state index is -0.798. The van der Waals surface area contributed by atoms with E-state index in [1.54, 1.807) is 6.07 Å². The number of rotatable bonds is 5. The van der Waals surface area contributed by atoms with Gasteiger partial charge in [0, 0.05) is 22.5 Å². The minimum Gasteiger partial charge on any atom is -0.481 e. The van der Waals surface area contributed by atoms with Gasteiger partial charge in [0.05, 0.1) is 10.9 Å². The largest absolute Gasteiger partial charge is 0.481 e. The zero-order valence-corrected chi connectivity index (χ0v) is 12.0. The van der Waals surface area contributed by atoms with Crippen LogP contribution in [-0.4, -0.2) is 16.1 Å². The summed E-state index contributed by atoms with van der Waals surface area (Å²) >= 11 is 7.42. The van der Waals surface area contributed by atoms with Crippen molar-refractivity contribution in [2.75, 3.05) is 0 Å². The van der Waals surface area contributed by atoms with Crippen molar-refractivity contribution in [1.82, 2.24) is 4.98 Å². The van der Waals surface area contributed by atoms with Crippen LogP contribution in [0.4, 0.5) is 0 Å². The number of benzene rings is 1. The van der Waals surface area contributed by atoms with E-state index in [1.165, 1.54) is 11.3 Å². The number of carboxylic acids is 1. The zero-order valence-electron chi connectivity index (χ0n) is 10.5. The molecule has 1 heterocycles. The number of thiazole rings is 1. The molecule has 100 valence electrons.